The summed E-state index contributed by atoms with van der Waals surface area (Å²) < 4.78 is 15.6. The lowest BCUT2D eigenvalue weighted by molar-refractivity contribution is 0.262. The molecule has 0 saturated carbocycles. The highest BCUT2D eigenvalue weighted by Gasteiger charge is 2.09. The number of hydrogen-bond acceptors (Lipinski definition) is 2. The Kier molecular flexibility index (Phi) is 4.53. The Bertz CT molecular complexity index is 1180. The Morgan fingerprint density at radius 2 is 1.75 bits per heavy atom. The zero-order valence-electron chi connectivity index (χ0n) is 15.5. The highest BCUT2D eigenvalue weighted by molar-refractivity contribution is 6.00. The van der Waals surface area contributed by atoms with Crippen molar-refractivity contribution in [1.29, 1.82) is 0 Å². The van der Waals surface area contributed by atoms with Crippen LogP contribution >= 0.6 is 0 Å². The molecule has 5 nitrogen and oxygen atoms in total. The molecule has 4 rings (SSSR count). The van der Waals surface area contributed by atoms with Crippen molar-refractivity contribution in [3.63, 3.8) is 0 Å². The van der Waals surface area contributed by atoms with E-state index in [4.69, 9.17) is 0 Å². The first-order valence-electron chi connectivity index (χ1n) is 8.88. The summed E-state index contributed by atoms with van der Waals surface area (Å²) in [6, 6.07) is 15.6. The third kappa shape index (κ3) is 3.57. The number of anilines is 2. The van der Waals surface area contributed by atoms with Gasteiger partial charge in [-0.2, -0.15) is 0 Å². The van der Waals surface area contributed by atoms with E-state index >= 15 is 0 Å². The van der Waals surface area contributed by atoms with Gasteiger partial charge < -0.3 is 15.0 Å². The summed E-state index contributed by atoms with van der Waals surface area (Å²) in [4.78, 5) is 16.9. The summed E-state index contributed by atoms with van der Waals surface area (Å²) in [5.41, 5.74) is 5.24. The van der Waals surface area contributed by atoms with Gasteiger partial charge in [0.1, 0.15) is 11.5 Å². The molecule has 0 atom stereocenters. The number of aryl methyl sites for hydroxylation is 2. The number of amides is 2. The molecule has 0 aliphatic carbocycles. The van der Waals surface area contributed by atoms with Crippen molar-refractivity contribution in [2.45, 2.75) is 13.8 Å². The van der Waals surface area contributed by atoms with Crippen LogP contribution < -0.4 is 10.6 Å². The molecule has 0 saturated heterocycles. The minimum absolute atomic E-state index is 0.359. The molecular weight excluding hydrogens is 355 g/mol. The molecule has 2 heterocycles. The Labute approximate surface area is 161 Å². The molecular formula is C22H19FN4O. The van der Waals surface area contributed by atoms with Gasteiger partial charge in [0.2, 0.25) is 0 Å². The van der Waals surface area contributed by atoms with Crippen LogP contribution in [0.1, 0.15) is 11.1 Å². The number of nitrogens with zero attached hydrogens (tertiary/aromatic N) is 2. The average molecular weight is 374 g/mol. The van der Waals surface area contributed by atoms with Crippen LogP contribution in [0.5, 0.6) is 0 Å². The molecule has 0 radical (unpaired) electrons. The molecule has 0 fully saturated rings. The molecule has 6 heteroatoms. The third-order valence-electron chi connectivity index (χ3n) is 4.52. The van der Waals surface area contributed by atoms with Crippen LogP contribution in [0.4, 0.5) is 20.6 Å². The SMILES string of the molecule is Cc1ccc(NC(=O)Nc2cccc(-c3cn4cccc(C)c4n3)c2)cc1F. The summed E-state index contributed by atoms with van der Waals surface area (Å²) in [5, 5.41) is 5.41. The highest BCUT2D eigenvalue weighted by Crippen LogP contribution is 2.23. The predicted octanol–water partition coefficient (Wildman–Crippen LogP) is 5.40. The zero-order valence-corrected chi connectivity index (χ0v) is 15.5. The first-order valence-corrected chi connectivity index (χ1v) is 8.88. The summed E-state index contributed by atoms with van der Waals surface area (Å²) in [5.74, 6) is -0.359. The summed E-state index contributed by atoms with van der Waals surface area (Å²) >= 11 is 0. The highest BCUT2D eigenvalue weighted by atomic mass is 19.1. The van der Waals surface area contributed by atoms with Gasteiger partial charge in [-0.05, 0) is 55.3 Å². The Balaban J connectivity index is 1.53. The van der Waals surface area contributed by atoms with Crippen LogP contribution in [0.15, 0.2) is 67.0 Å². The second-order valence-corrected chi connectivity index (χ2v) is 6.67. The van der Waals surface area contributed by atoms with Crippen LogP contribution in [-0.4, -0.2) is 15.4 Å². The predicted molar refractivity (Wildman–Crippen MR) is 109 cm³/mol. The Hall–Kier alpha value is -3.67. The Morgan fingerprint density at radius 1 is 0.964 bits per heavy atom. The van der Waals surface area contributed by atoms with Crippen LogP contribution in [0.25, 0.3) is 16.9 Å². The first kappa shape index (κ1) is 17.7. The van der Waals surface area contributed by atoms with Gasteiger partial charge in [-0.15, -0.1) is 0 Å². The number of hydrogen-bond donors (Lipinski definition) is 2. The topological polar surface area (TPSA) is 58.4 Å². The lowest BCUT2D eigenvalue weighted by Gasteiger charge is -2.09. The fourth-order valence-corrected chi connectivity index (χ4v) is 3.01. The van der Waals surface area contributed by atoms with Gasteiger partial charge in [-0.25, -0.2) is 14.2 Å². The molecule has 0 aliphatic heterocycles. The smallest absolute Gasteiger partial charge is 0.308 e. The number of carbonyl (C=O) groups excluding carboxylic acids is 1. The maximum Gasteiger partial charge on any atom is 0.323 e. The molecule has 2 amide bonds. The van der Waals surface area contributed by atoms with Gasteiger partial charge >= 0.3 is 6.03 Å². The van der Waals surface area contributed by atoms with Gasteiger partial charge in [0.25, 0.3) is 0 Å². The maximum atomic E-state index is 13.6. The fourth-order valence-electron chi connectivity index (χ4n) is 3.01. The fraction of sp³-hybridized carbons (Fsp3) is 0.0909. The van der Waals surface area contributed by atoms with E-state index in [-0.39, 0.29) is 5.82 Å². The van der Waals surface area contributed by atoms with Gasteiger partial charge in [-0.3, -0.25) is 0 Å². The number of urea groups is 1. The molecule has 0 aliphatic rings. The quantitative estimate of drug-likeness (QED) is 0.504. The zero-order chi connectivity index (χ0) is 19.7. The monoisotopic (exact) mass is 374 g/mol. The van der Waals surface area contributed by atoms with Crippen molar-refractivity contribution < 1.29 is 9.18 Å². The number of carbonyl (C=O) groups is 1. The maximum absolute atomic E-state index is 13.6. The third-order valence-corrected chi connectivity index (χ3v) is 4.52. The van der Waals surface area contributed by atoms with E-state index in [2.05, 4.69) is 15.6 Å². The van der Waals surface area contributed by atoms with Gasteiger partial charge in [0, 0.05) is 29.3 Å². The minimum Gasteiger partial charge on any atom is -0.308 e. The lowest BCUT2D eigenvalue weighted by atomic mass is 10.1. The number of fused-ring (bicyclic) bond motifs is 1. The van der Waals surface area contributed by atoms with E-state index in [0.29, 0.717) is 16.9 Å². The van der Waals surface area contributed by atoms with E-state index in [0.717, 1.165) is 22.5 Å². The van der Waals surface area contributed by atoms with E-state index in [1.807, 2.05) is 54.0 Å². The number of pyridine rings is 1. The molecule has 28 heavy (non-hydrogen) atoms. The van der Waals surface area contributed by atoms with Crippen molar-refractivity contribution in [3.8, 4) is 11.3 Å². The number of nitrogens with one attached hydrogen (secondary N) is 2. The summed E-state index contributed by atoms with van der Waals surface area (Å²) in [6.45, 7) is 3.69. The van der Waals surface area contributed by atoms with E-state index in [9.17, 15) is 9.18 Å². The van der Waals surface area contributed by atoms with Crippen molar-refractivity contribution in [2.24, 2.45) is 0 Å². The molecule has 4 aromatic rings. The van der Waals surface area contributed by atoms with Gasteiger partial charge in [-0.1, -0.05) is 24.3 Å². The molecule has 2 aromatic carbocycles. The summed E-state index contributed by atoms with van der Waals surface area (Å²) in [7, 11) is 0. The molecule has 2 N–H and O–H groups in total. The first-order chi connectivity index (χ1) is 13.5. The minimum atomic E-state index is -0.439. The van der Waals surface area contributed by atoms with Crippen molar-refractivity contribution in [2.75, 3.05) is 10.6 Å². The van der Waals surface area contributed by atoms with Crippen LogP contribution in [0.2, 0.25) is 0 Å². The number of rotatable bonds is 3. The molecule has 0 unspecified atom stereocenters. The molecule has 2 aromatic heterocycles. The largest absolute Gasteiger partial charge is 0.323 e. The second kappa shape index (κ2) is 7.15. The number of aromatic nitrogens is 2. The van der Waals surface area contributed by atoms with E-state index in [1.54, 1.807) is 25.1 Å². The lowest BCUT2D eigenvalue weighted by Crippen LogP contribution is -2.19. The van der Waals surface area contributed by atoms with Crippen molar-refractivity contribution in [3.05, 3.63) is 83.9 Å². The standard InChI is InChI=1S/C22H19FN4O/c1-14-8-9-18(12-19(14)23)25-22(28)24-17-7-3-6-16(11-17)20-13-27-10-4-5-15(2)21(27)26-20/h3-13H,1-2H3,(H2,24,25,28). The normalized spacial score (nSPS) is 10.8. The second-order valence-electron chi connectivity index (χ2n) is 6.67. The van der Waals surface area contributed by atoms with Crippen molar-refractivity contribution >= 4 is 23.1 Å². The number of benzene rings is 2. The van der Waals surface area contributed by atoms with Crippen molar-refractivity contribution in [1.82, 2.24) is 9.38 Å². The van der Waals surface area contributed by atoms with E-state index in [1.165, 1.54) is 6.07 Å². The Morgan fingerprint density at radius 3 is 2.50 bits per heavy atom. The number of imidazole rings is 1. The van der Waals surface area contributed by atoms with E-state index < -0.39 is 6.03 Å². The average Bonchev–Trinajstić information content (AvgIpc) is 3.11. The van der Waals surface area contributed by atoms with Crippen LogP contribution in [0.3, 0.4) is 0 Å². The van der Waals surface area contributed by atoms with Crippen LogP contribution in [-0.2, 0) is 0 Å². The molecule has 140 valence electrons. The molecule has 0 bridgehead atoms. The van der Waals surface area contributed by atoms with Crippen LogP contribution in [0, 0.1) is 19.7 Å². The number of halogens is 1. The van der Waals surface area contributed by atoms with Gasteiger partial charge in [0.05, 0.1) is 5.69 Å². The van der Waals surface area contributed by atoms with Gasteiger partial charge in [0.15, 0.2) is 0 Å². The summed E-state index contributed by atoms with van der Waals surface area (Å²) in [6.07, 6.45) is 3.91. The molecule has 0 spiro atoms.